The van der Waals surface area contributed by atoms with Crippen LogP contribution in [0.4, 0.5) is 0 Å². The summed E-state index contributed by atoms with van der Waals surface area (Å²) < 4.78 is 0. The summed E-state index contributed by atoms with van der Waals surface area (Å²) in [6.07, 6.45) is 2.59. The Labute approximate surface area is 181 Å². The van der Waals surface area contributed by atoms with Crippen molar-refractivity contribution in [1.82, 2.24) is 10.9 Å². The number of hydrogen-bond acceptors (Lipinski definition) is 4. The van der Waals surface area contributed by atoms with Crippen molar-refractivity contribution in [2.45, 2.75) is 12.8 Å². The van der Waals surface area contributed by atoms with Crippen LogP contribution in [-0.2, 0) is 9.59 Å². The normalized spacial score (nSPS) is 11.1. The topological polar surface area (TPSA) is 82.9 Å². The van der Waals surface area contributed by atoms with Gasteiger partial charge in [0.15, 0.2) is 0 Å². The van der Waals surface area contributed by atoms with E-state index < -0.39 is 11.8 Å². The van der Waals surface area contributed by atoms with Gasteiger partial charge in [-0.2, -0.15) is 10.2 Å². The first-order valence-corrected chi connectivity index (χ1v) is 9.41. The van der Waals surface area contributed by atoms with Crippen LogP contribution in [-0.4, -0.2) is 24.2 Å². The quantitative estimate of drug-likeness (QED) is 0.465. The second kappa shape index (κ2) is 11.0. The lowest BCUT2D eigenvalue weighted by Crippen LogP contribution is -2.22. The maximum atomic E-state index is 11.7. The molecule has 0 saturated carbocycles. The van der Waals surface area contributed by atoms with E-state index in [2.05, 4.69) is 21.1 Å². The molecule has 2 N–H and O–H groups in total. The molecule has 0 aliphatic carbocycles. The Kier molecular flexibility index (Phi) is 8.73. The number of hydrazone groups is 2. The zero-order valence-electron chi connectivity index (χ0n) is 14.3. The molecular weight excluding hydrogens is 446 g/mol. The van der Waals surface area contributed by atoms with Crippen molar-refractivity contribution in [3.05, 3.63) is 67.6 Å². The van der Waals surface area contributed by atoms with Crippen LogP contribution in [0.15, 0.2) is 46.6 Å². The molecule has 0 saturated heterocycles. The molecule has 0 fully saturated rings. The number of benzene rings is 2. The van der Waals surface area contributed by atoms with E-state index in [4.69, 9.17) is 46.4 Å². The molecule has 0 bridgehead atoms. The molecular formula is C18H14Cl4N4O2. The maximum Gasteiger partial charge on any atom is 0.240 e. The molecule has 0 aromatic heterocycles. The molecule has 0 aliphatic heterocycles. The van der Waals surface area contributed by atoms with Crippen molar-refractivity contribution < 1.29 is 9.59 Å². The average Bonchev–Trinajstić information content (AvgIpc) is 2.67. The molecule has 10 heteroatoms. The van der Waals surface area contributed by atoms with Gasteiger partial charge >= 0.3 is 0 Å². The Hall–Kier alpha value is -2.12. The molecule has 0 unspecified atom stereocenters. The third-order valence-corrected chi connectivity index (χ3v) is 4.99. The fraction of sp³-hybridized carbons (Fsp3) is 0.111. The van der Waals surface area contributed by atoms with E-state index in [0.717, 1.165) is 0 Å². The predicted molar refractivity (Wildman–Crippen MR) is 114 cm³/mol. The van der Waals surface area contributed by atoms with Crippen LogP contribution in [0.25, 0.3) is 0 Å². The second-order valence-corrected chi connectivity index (χ2v) is 6.94. The number of nitrogens with one attached hydrogen (secondary N) is 2. The number of carbonyl (C=O) groups excluding carboxylic acids is 2. The fourth-order valence-corrected chi connectivity index (χ4v) is 2.64. The van der Waals surface area contributed by atoms with Crippen molar-refractivity contribution >= 4 is 70.6 Å². The van der Waals surface area contributed by atoms with Gasteiger partial charge in [0.05, 0.1) is 32.5 Å². The van der Waals surface area contributed by atoms with Crippen LogP contribution >= 0.6 is 46.4 Å². The Morgan fingerprint density at radius 3 is 1.54 bits per heavy atom. The number of halogens is 4. The summed E-state index contributed by atoms with van der Waals surface area (Å²) in [6, 6.07) is 10.1. The zero-order chi connectivity index (χ0) is 20.5. The molecule has 146 valence electrons. The molecule has 2 rings (SSSR count). The minimum absolute atomic E-state index is 0.0696. The van der Waals surface area contributed by atoms with Gasteiger partial charge in [-0.05, 0) is 12.1 Å². The zero-order valence-corrected chi connectivity index (χ0v) is 17.3. The van der Waals surface area contributed by atoms with Crippen LogP contribution in [0, 0.1) is 0 Å². The minimum Gasteiger partial charge on any atom is -0.273 e. The Bertz CT molecular complexity index is 856. The van der Waals surface area contributed by atoms with Gasteiger partial charge in [0, 0.05) is 24.0 Å². The molecule has 6 nitrogen and oxygen atoms in total. The Balaban J connectivity index is 1.75. The first-order chi connectivity index (χ1) is 13.4. The summed E-state index contributed by atoms with van der Waals surface area (Å²) in [5.74, 6) is -0.877. The number of amides is 2. The lowest BCUT2D eigenvalue weighted by molar-refractivity contribution is -0.126. The standard InChI is InChI=1S/C18H14Cl4N4O2/c19-13-5-1-3-11(17(13)21)9-23-25-15(27)7-8-16(28)26-24-10-12-4-2-6-14(20)18(12)22/h1-6,9-10H,7-8H2,(H,25,27)(H,26,28)/b23-9-,24-10-. The molecule has 2 aromatic rings. The highest BCUT2D eigenvalue weighted by Gasteiger charge is 2.06. The average molecular weight is 460 g/mol. The summed E-state index contributed by atoms with van der Waals surface area (Å²) in [4.78, 5) is 23.5. The highest BCUT2D eigenvalue weighted by Crippen LogP contribution is 2.24. The lowest BCUT2D eigenvalue weighted by atomic mass is 10.2. The lowest BCUT2D eigenvalue weighted by Gasteiger charge is -2.02. The van der Waals surface area contributed by atoms with Crippen LogP contribution < -0.4 is 10.9 Å². The third-order valence-electron chi connectivity index (χ3n) is 3.33. The van der Waals surface area contributed by atoms with Gasteiger partial charge in [0.2, 0.25) is 11.8 Å². The maximum absolute atomic E-state index is 11.7. The van der Waals surface area contributed by atoms with Crippen molar-refractivity contribution in [2.75, 3.05) is 0 Å². The molecule has 2 amide bonds. The summed E-state index contributed by atoms with van der Waals surface area (Å²) >= 11 is 23.8. The van der Waals surface area contributed by atoms with Crippen molar-refractivity contribution in [2.24, 2.45) is 10.2 Å². The van der Waals surface area contributed by atoms with Gasteiger partial charge in [0.25, 0.3) is 0 Å². The number of hydrogen-bond donors (Lipinski definition) is 2. The van der Waals surface area contributed by atoms with Gasteiger partial charge in [-0.25, -0.2) is 10.9 Å². The second-order valence-electron chi connectivity index (χ2n) is 5.37. The number of nitrogens with zero attached hydrogens (tertiary/aromatic N) is 2. The fourth-order valence-electron chi connectivity index (χ4n) is 1.93. The number of rotatable bonds is 7. The molecule has 2 aromatic carbocycles. The molecule has 0 radical (unpaired) electrons. The molecule has 0 spiro atoms. The first-order valence-electron chi connectivity index (χ1n) is 7.90. The van der Waals surface area contributed by atoms with E-state index in [0.29, 0.717) is 31.2 Å². The molecule has 28 heavy (non-hydrogen) atoms. The van der Waals surface area contributed by atoms with Crippen LogP contribution in [0.3, 0.4) is 0 Å². The van der Waals surface area contributed by atoms with Crippen molar-refractivity contribution in [3.63, 3.8) is 0 Å². The third kappa shape index (κ3) is 6.80. The first kappa shape index (κ1) is 22.2. The molecule has 0 atom stereocenters. The molecule has 0 heterocycles. The van der Waals surface area contributed by atoms with Gasteiger partial charge < -0.3 is 0 Å². The minimum atomic E-state index is -0.439. The summed E-state index contributed by atoms with van der Waals surface area (Å²) in [6.45, 7) is 0. The number of carbonyl (C=O) groups is 2. The smallest absolute Gasteiger partial charge is 0.240 e. The monoisotopic (exact) mass is 458 g/mol. The van der Waals surface area contributed by atoms with E-state index >= 15 is 0 Å². The molecule has 0 aliphatic rings. The summed E-state index contributed by atoms with van der Waals surface area (Å²) in [5, 5.41) is 9.00. The summed E-state index contributed by atoms with van der Waals surface area (Å²) in [7, 11) is 0. The largest absolute Gasteiger partial charge is 0.273 e. The Morgan fingerprint density at radius 2 is 1.14 bits per heavy atom. The highest BCUT2D eigenvalue weighted by atomic mass is 35.5. The van der Waals surface area contributed by atoms with E-state index in [-0.39, 0.29) is 12.8 Å². The van der Waals surface area contributed by atoms with Crippen molar-refractivity contribution in [1.29, 1.82) is 0 Å². The van der Waals surface area contributed by atoms with Gasteiger partial charge in [-0.15, -0.1) is 0 Å². The Morgan fingerprint density at radius 1 is 0.750 bits per heavy atom. The highest BCUT2D eigenvalue weighted by molar-refractivity contribution is 6.44. The van der Waals surface area contributed by atoms with Crippen LogP contribution in [0.5, 0.6) is 0 Å². The SMILES string of the molecule is O=C(CCC(=O)N/N=C\c1cccc(Cl)c1Cl)N/N=C\c1cccc(Cl)c1Cl. The van der Waals surface area contributed by atoms with E-state index in [1.165, 1.54) is 12.4 Å². The van der Waals surface area contributed by atoms with Gasteiger partial charge in [-0.3, -0.25) is 9.59 Å². The van der Waals surface area contributed by atoms with E-state index in [1.807, 2.05) is 0 Å². The summed E-state index contributed by atoms with van der Waals surface area (Å²) in [5.41, 5.74) is 5.73. The van der Waals surface area contributed by atoms with Crippen molar-refractivity contribution in [3.8, 4) is 0 Å². The van der Waals surface area contributed by atoms with Crippen LogP contribution in [0.2, 0.25) is 20.1 Å². The predicted octanol–water partition coefficient (Wildman–Crippen LogP) is 4.68. The van der Waals surface area contributed by atoms with E-state index in [1.54, 1.807) is 36.4 Å². The van der Waals surface area contributed by atoms with E-state index in [9.17, 15) is 9.59 Å². The van der Waals surface area contributed by atoms with Gasteiger partial charge in [-0.1, -0.05) is 70.7 Å². The van der Waals surface area contributed by atoms with Gasteiger partial charge in [0.1, 0.15) is 0 Å². The van der Waals surface area contributed by atoms with Crippen LogP contribution in [0.1, 0.15) is 24.0 Å².